The largest absolute Gasteiger partial charge is 0.428 e. The Morgan fingerprint density at radius 2 is 1.93 bits per heavy atom. The summed E-state index contributed by atoms with van der Waals surface area (Å²) in [5.41, 5.74) is -0.618. The zero-order chi connectivity index (χ0) is 21.1. The molecule has 3 aliphatic rings. The zero-order valence-corrected chi connectivity index (χ0v) is 16.6. The predicted octanol–water partition coefficient (Wildman–Crippen LogP) is 3.18. The molecule has 0 radical (unpaired) electrons. The second-order valence-corrected chi connectivity index (χ2v) is 8.38. The summed E-state index contributed by atoms with van der Waals surface area (Å²) in [4.78, 5) is 10.9. The summed E-state index contributed by atoms with van der Waals surface area (Å²) in [5.74, 6) is -0.160. The molecule has 3 saturated heterocycles. The third-order valence-electron chi connectivity index (χ3n) is 5.58. The van der Waals surface area contributed by atoms with Crippen LogP contribution in [-0.4, -0.2) is 52.0 Å². The number of piperazine rings is 1. The van der Waals surface area contributed by atoms with Gasteiger partial charge < -0.3 is 24.5 Å². The van der Waals surface area contributed by atoms with E-state index in [4.69, 9.17) is 9.15 Å². The Bertz CT molecular complexity index is 1070. The van der Waals surface area contributed by atoms with Crippen LogP contribution in [0.4, 0.5) is 14.8 Å². The maximum absolute atomic E-state index is 14.4. The lowest BCUT2D eigenvalue weighted by Gasteiger charge is -2.47. The van der Waals surface area contributed by atoms with Crippen molar-refractivity contribution < 1.29 is 23.0 Å². The number of piperidine rings is 1. The van der Waals surface area contributed by atoms with Crippen LogP contribution in [-0.2, 0) is 0 Å². The van der Waals surface area contributed by atoms with Crippen LogP contribution in [0.2, 0.25) is 0 Å². The number of halogens is 2. The fourth-order valence-electron chi connectivity index (χ4n) is 3.85. The Kier molecular flexibility index (Phi) is 4.23. The molecule has 30 heavy (non-hydrogen) atoms. The van der Waals surface area contributed by atoms with Crippen molar-refractivity contribution in [2.24, 2.45) is 0 Å². The quantitative estimate of drug-likeness (QED) is 0.661. The van der Waals surface area contributed by atoms with Gasteiger partial charge in [-0.3, -0.25) is 4.98 Å². The molecule has 0 amide bonds. The third-order valence-corrected chi connectivity index (χ3v) is 5.58. The van der Waals surface area contributed by atoms with Crippen LogP contribution in [0.1, 0.15) is 20.3 Å². The molecular formula is C21H22F2N4O3. The molecule has 2 atom stereocenters. The third kappa shape index (κ3) is 3.18. The molecule has 2 unspecified atom stereocenters. The zero-order valence-electron chi connectivity index (χ0n) is 16.6. The van der Waals surface area contributed by atoms with E-state index in [1.165, 1.54) is 6.07 Å². The number of oxazole rings is 1. The van der Waals surface area contributed by atoms with Gasteiger partial charge in [0.25, 0.3) is 6.01 Å². The van der Waals surface area contributed by atoms with Gasteiger partial charge in [-0.1, -0.05) is 6.07 Å². The molecule has 0 aliphatic carbocycles. The molecule has 2 bridgehead atoms. The molecule has 158 valence electrons. The van der Waals surface area contributed by atoms with Gasteiger partial charge in [0.05, 0.1) is 5.69 Å². The number of rotatable bonds is 5. The summed E-state index contributed by atoms with van der Waals surface area (Å²) in [5, 5.41) is 13.2. The molecule has 0 spiro atoms. The average molecular weight is 416 g/mol. The van der Waals surface area contributed by atoms with E-state index in [1.54, 1.807) is 18.3 Å². The second kappa shape index (κ2) is 6.61. The first-order chi connectivity index (χ1) is 14.2. The fraction of sp³-hybridized carbons (Fsp3) is 0.429. The first-order valence-corrected chi connectivity index (χ1v) is 9.86. The SMILES string of the molecule is CC(C)(O)C(F)(F)Oc1ccc(-c2ccccn2)c2oc(N3CC4CC(C3)N4)nc12. The number of ether oxygens (including phenoxy) is 1. The molecule has 2 aromatic heterocycles. The van der Waals surface area contributed by atoms with E-state index in [1.807, 2.05) is 17.0 Å². The Hall–Kier alpha value is -2.78. The van der Waals surface area contributed by atoms with Gasteiger partial charge >= 0.3 is 6.11 Å². The minimum absolute atomic E-state index is 0.160. The summed E-state index contributed by atoms with van der Waals surface area (Å²) >= 11 is 0. The van der Waals surface area contributed by atoms with Gasteiger partial charge in [-0.2, -0.15) is 13.8 Å². The normalized spacial score (nSPS) is 21.6. The van der Waals surface area contributed by atoms with E-state index in [9.17, 15) is 13.9 Å². The predicted molar refractivity (Wildman–Crippen MR) is 107 cm³/mol. The van der Waals surface area contributed by atoms with Gasteiger partial charge in [-0.05, 0) is 44.5 Å². The molecule has 9 heteroatoms. The Morgan fingerprint density at radius 3 is 2.57 bits per heavy atom. The van der Waals surface area contributed by atoms with E-state index < -0.39 is 11.7 Å². The number of aromatic nitrogens is 2. The first-order valence-electron chi connectivity index (χ1n) is 9.86. The number of anilines is 1. The van der Waals surface area contributed by atoms with Crippen molar-refractivity contribution in [1.29, 1.82) is 0 Å². The highest BCUT2D eigenvalue weighted by Crippen LogP contribution is 2.40. The lowest BCUT2D eigenvalue weighted by molar-refractivity contribution is -0.275. The Balaban J connectivity index is 1.61. The molecule has 3 fully saturated rings. The van der Waals surface area contributed by atoms with Crippen LogP contribution in [0, 0.1) is 0 Å². The van der Waals surface area contributed by atoms with Gasteiger partial charge in [0.1, 0.15) is 0 Å². The number of benzene rings is 1. The molecular weight excluding hydrogens is 394 g/mol. The highest BCUT2D eigenvalue weighted by atomic mass is 19.3. The maximum Gasteiger partial charge on any atom is 0.426 e. The second-order valence-electron chi connectivity index (χ2n) is 8.38. The number of fused-ring (bicyclic) bond motifs is 3. The molecule has 1 aromatic carbocycles. The maximum atomic E-state index is 14.4. The highest BCUT2D eigenvalue weighted by molar-refractivity contribution is 5.94. The number of hydrogen-bond acceptors (Lipinski definition) is 7. The molecule has 6 rings (SSSR count). The highest BCUT2D eigenvalue weighted by Gasteiger charge is 2.49. The number of hydrogen-bond donors (Lipinski definition) is 2. The Labute approximate surface area is 171 Å². The van der Waals surface area contributed by atoms with E-state index in [-0.39, 0.29) is 11.3 Å². The topological polar surface area (TPSA) is 83.7 Å². The van der Waals surface area contributed by atoms with Crippen LogP contribution in [0.25, 0.3) is 22.4 Å². The van der Waals surface area contributed by atoms with Gasteiger partial charge in [0.15, 0.2) is 22.5 Å². The van der Waals surface area contributed by atoms with Crippen molar-refractivity contribution in [2.75, 3.05) is 18.0 Å². The number of nitrogens with one attached hydrogen (secondary N) is 1. The van der Waals surface area contributed by atoms with Crippen molar-refractivity contribution in [1.82, 2.24) is 15.3 Å². The van der Waals surface area contributed by atoms with Crippen LogP contribution in [0.3, 0.4) is 0 Å². The first kappa shape index (κ1) is 19.2. The summed E-state index contributed by atoms with van der Waals surface area (Å²) in [6.07, 6.45) is -1.06. The van der Waals surface area contributed by atoms with Gasteiger partial charge in [-0.25, -0.2) is 0 Å². The van der Waals surface area contributed by atoms with E-state index in [2.05, 4.69) is 15.3 Å². The van der Waals surface area contributed by atoms with Crippen molar-refractivity contribution in [3.05, 3.63) is 36.5 Å². The standard InChI is InChI=1S/C21H22F2N4O3/c1-20(2,28)21(22,23)30-16-7-6-14(15-5-3-4-8-24-15)18-17(16)26-19(29-18)27-10-12-9-13(11-27)25-12/h3-8,12-13,25,28H,9-11H2,1-2H3. The van der Waals surface area contributed by atoms with Crippen molar-refractivity contribution in [3.8, 4) is 17.0 Å². The van der Waals surface area contributed by atoms with E-state index in [0.717, 1.165) is 33.4 Å². The molecule has 3 aromatic rings. The van der Waals surface area contributed by atoms with Gasteiger partial charge in [-0.15, -0.1) is 0 Å². The molecule has 3 aliphatic heterocycles. The molecule has 0 saturated carbocycles. The van der Waals surface area contributed by atoms with Gasteiger partial charge in [0.2, 0.25) is 0 Å². The average Bonchev–Trinajstić information content (AvgIpc) is 3.13. The van der Waals surface area contributed by atoms with Crippen LogP contribution >= 0.6 is 0 Å². The number of alkyl halides is 2. The van der Waals surface area contributed by atoms with E-state index >= 15 is 0 Å². The minimum atomic E-state index is -3.82. The number of nitrogens with zero attached hydrogens (tertiary/aromatic N) is 3. The molecule has 2 N–H and O–H groups in total. The van der Waals surface area contributed by atoms with Crippen molar-refractivity contribution >= 4 is 17.1 Å². The summed E-state index contributed by atoms with van der Waals surface area (Å²) in [6.45, 7) is 3.46. The monoisotopic (exact) mass is 416 g/mol. The van der Waals surface area contributed by atoms with Crippen LogP contribution in [0.5, 0.6) is 5.75 Å². The molecule has 5 heterocycles. The minimum Gasteiger partial charge on any atom is -0.428 e. The Morgan fingerprint density at radius 1 is 1.20 bits per heavy atom. The van der Waals surface area contributed by atoms with Crippen molar-refractivity contribution in [2.45, 2.75) is 44.1 Å². The van der Waals surface area contributed by atoms with Crippen molar-refractivity contribution in [3.63, 3.8) is 0 Å². The number of aliphatic hydroxyl groups is 1. The van der Waals surface area contributed by atoms with Crippen LogP contribution in [0.15, 0.2) is 40.9 Å². The number of pyridine rings is 1. The lowest BCUT2D eigenvalue weighted by atomic mass is 9.92. The van der Waals surface area contributed by atoms with Crippen LogP contribution < -0.4 is 15.0 Å². The van der Waals surface area contributed by atoms with E-state index in [0.29, 0.717) is 34.9 Å². The summed E-state index contributed by atoms with van der Waals surface area (Å²) in [7, 11) is 0. The lowest BCUT2D eigenvalue weighted by Crippen LogP contribution is -2.67. The molecule has 7 nitrogen and oxygen atoms in total. The smallest absolute Gasteiger partial charge is 0.426 e. The summed E-state index contributed by atoms with van der Waals surface area (Å²) in [6, 6.07) is 9.58. The summed E-state index contributed by atoms with van der Waals surface area (Å²) < 4.78 is 39.9. The van der Waals surface area contributed by atoms with Gasteiger partial charge in [0, 0.05) is 36.9 Å². The fourth-order valence-corrected chi connectivity index (χ4v) is 3.85.